The van der Waals surface area contributed by atoms with E-state index in [0.29, 0.717) is 6.54 Å². The van der Waals surface area contributed by atoms with E-state index in [-0.39, 0.29) is 18.6 Å². The quantitative estimate of drug-likeness (QED) is 0.727. The fraction of sp³-hybridized carbons (Fsp3) is 0.833. The van der Waals surface area contributed by atoms with Gasteiger partial charge in [0.05, 0.1) is 18.4 Å². The molecule has 5 heteroatoms. The SMILES string of the molecule is CC1(C)[C@H](C(=O)O)[C@@H]1C(=O)N(CCO)C1CC1. The molecule has 0 unspecified atom stereocenters. The lowest BCUT2D eigenvalue weighted by Gasteiger charge is -2.22. The second kappa shape index (κ2) is 3.98. The Labute approximate surface area is 100 Å². The van der Waals surface area contributed by atoms with Crippen LogP contribution >= 0.6 is 0 Å². The summed E-state index contributed by atoms with van der Waals surface area (Å²) in [6.45, 7) is 3.90. The second-order valence-electron chi connectivity index (χ2n) is 5.60. The third kappa shape index (κ3) is 2.04. The Hall–Kier alpha value is -1.10. The molecule has 2 saturated carbocycles. The molecule has 2 fully saturated rings. The monoisotopic (exact) mass is 241 g/mol. The van der Waals surface area contributed by atoms with Gasteiger partial charge in [-0.25, -0.2) is 0 Å². The second-order valence-corrected chi connectivity index (χ2v) is 5.60. The van der Waals surface area contributed by atoms with Gasteiger partial charge in [0, 0.05) is 12.6 Å². The Morgan fingerprint density at radius 2 is 1.88 bits per heavy atom. The number of aliphatic hydroxyl groups excluding tert-OH is 1. The third-order valence-corrected chi connectivity index (χ3v) is 3.97. The fourth-order valence-corrected chi connectivity index (χ4v) is 2.70. The van der Waals surface area contributed by atoms with Crippen LogP contribution in [0.4, 0.5) is 0 Å². The van der Waals surface area contributed by atoms with Crippen LogP contribution in [0.3, 0.4) is 0 Å². The first-order chi connectivity index (χ1) is 7.91. The number of carbonyl (C=O) groups excluding carboxylic acids is 1. The lowest BCUT2D eigenvalue weighted by atomic mass is 10.1. The third-order valence-electron chi connectivity index (χ3n) is 3.97. The van der Waals surface area contributed by atoms with Gasteiger partial charge in [0.2, 0.25) is 5.91 Å². The number of hydrogen-bond donors (Lipinski definition) is 2. The predicted molar refractivity (Wildman–Crippen MR) is 60.2 cm³/mol. The number of carboxylic acids is 1. The van der Waals surface area contributed by atoms with Crippen LogP contribution in [-0.2, 0) is 9.59 Å². The number of rotatable bonds is 5. The number of carboxylic acid groups (broad SMARTS) is 1. The van der Waals surface area contributed by atoms with E-state index < -0.39 is 23.2 Å². The van der Waals surface area contributed by atoms with Crippen LogP contribution in [-0.4, -0.2) is 46.2 Å². The van der Waals surface area contributed by atoms with Crippen LogP contribution in [0, 0.1) is 17.3 Å². The Morgan fingerprint density at radius 3 is 2.24 bits per heavy atom. The molecule has 0 aromatic heterocycles. The molecule has 0 bridgehead atoms. The zero-order valence-electron chi connectivity index (χ0n) is 10.2. The molecule has 5 nitrogen and oxygen atoms in total. The van der Waals surface area contributed by atoms with Gasteiger partial charge < -0.3 is 15.1 Å². The average Bonchev–Trinajstić information content (AvgIpc) is 3.09. The zero-order chi connectivity index (χ0) is 12.8. The maximum atomic E-state index is 12.3. The molecule has 0 saturated heterocycles. The summed E-state index contributed by atoms with van der Waals surface area (Å²) in [6, 6.07) is 0.223. The van der Waals surface area contributed by atoms with Crippen molar-refractivity contribution < 1.29 is 19.8 Å². The van der Waals surface area contributed by atoms with Crippen LogP contribution in [0.2, 0.25) is 0 Å². The topological polar surface area (TPSA) is 77.8 Å². The Kier molecular flexibility index (Phi) is 2.89. The molecule has 2 rings (SSSR count). The molecule has 0 spiro atoms. The van der Waals surface area contributed by atoms with Crippen molar-refractivity contribution in [1.29, 1.82) is 0 Å². The van der Waals surface area contributed by atoms with E-state index in [4.69, 9.17) is 10.2 Å². The summed E-state index contributed by atoms with van der Waals surface area (Å²) in [5.74, 6) is -1.99. The molecule has 0 heterocycles. The summed E-state index contributed by atoms with van der Waals surface area (Å²) in [5.41, 5.74) is -0.453. The first-order valence-electron chi connectivity index (χ1n) is 6.05. The Balaban J connectivity index is 2.07. The Bertz CT molecular complexity index is 348. The maximum Gasteiger partial charge on any atom is 0.307 e. The van der Waals surface area contributed by atoms with Crippen molar-refractivity contribution in [3.63, 3.8) is 0 Å². The molecule has 1 amide bonds. The van der Waals surface area contributed by atoms with Gasteiger partial charge in [-0.1, -0.05) is 13.8 Å². The summed E-state index contributed by atoms with van der Waals surface area (Å²) in [5, 5.41) is 18.0. The minimum atomic E-state index is -0.895. The van der Waals surface area contributed by atoms with Crippen LogP contribution in [0.15, 0.2) is 0 Å². The van der Waals surface area contributed by atoms with E-state index in [0.717, 1.165) is 12.8 Å². The molecule has 17 heavy (non-hydrogen) atoms. The van der Waals surface area contributed by atoms with Crippen molar-refractivity contribution in [2.45, 2.75) is 32.7 Å². The average molecular weight is 241 g/mol. The lowest BCUT2D eigenvalue weighted by Crippen LogP contribution is -2.37. The van der Waals surface area contributed by atoms with Crippen LogP contribution in [0.5, 0.6) is 0 Å². The minimum Gasteiger partial charge on any atom is -0.481 e. The van der Waals surface area contributed by atoms with Gasteiger partial charge in [-0.2, -0.15) is 0 Å². The molecule has 0 aromatic rings. The van der Waals surface area contributed by atoms with E-state index in [1.165, 1.54) is 0 Å². The number of aliphatic hydroxyl groups is 1. The number of amides is 1. The molecular formula is C12H19NO4. The van der Waals surface area contributed by atoms with Gasteiger partial charge in [0.25, 0.3) is 0 Å². The summed E-state index contributed by atoms with van der Waals surface area (Å²) < 4.78 is 0. The van der Waals surface area contributed by atoms with E-state index in [1.807, 2.05) is 13.8 Å². The number of aliphatic carboxylic acids is 1. The van der Waals surface area contributed by atoms with Crippen molar-refractivity contribution in [3.05, 3.63) is 0 Å². The number of hydrogen-bond acceptors (Lipinski definition) is 3. The standard InChI is InChI=1S/C12H19NO4/c1-12(2)8(9(12)11(16)17)10(15)13(5-6-14)7-3-4-7/h7-9,14H,3-6H2,1-2H3,(H,16,17)/t8-,9+/m1/s1. The van der Waals surface area contributed by atoms with E-state index in [2.05, 4.69) is 0 Å². The zero-order valence-corrected chi connectivity index (χ0v) is 10.2. The molecule has 0 radical (unpaired) electrons. The van der Waals surface area contributed by atoms with Crippen molar-refractivity contribution in [1.82, 2.24) is 4.90 Å². The first-order valence-corrected chi connectivity index (χ1v) is 6.05. The van der Waals surface area contributed by atoms with Gasteiger partial charge in [-0.15, -0.1) is 0 Å². The number of nitrogens with zero attached hydrogens (tertiary/aromatic N) is 1. The highest BCUT2D eigenvalue weighted by molar-refractivity contribution is 5.92. The van der Waals surface area contributed by atoms with Gasteiger partial charge in [-0.3, -0.25) is 9.59 Å². The summed E-state index contributed by atoms with van der Waals surface area (Å²) >= 11 is 0. The van der Waals surface area contributed by atoms with Gasteiger partial charge >= 0.3 is 5.97 Å². The molecule has 0 aromatic carbocycles. The van der Waals surface area contributed by atoms with Gasteiger partial charge in [-0.05, 0) is 18.3 Å². The summed E-state index contributed by atoms with van der Waals surface area (Å²) in [6.07, 6.45) is 1.94. The smallest absolute Gasteiger partial charge is 0.307 e. The summed E-state index contributed by atoms with van der Waals surface area (Å²) in [7, 11) is 0. The predicted octanol–water partition coefficient (Wildman–Crippen LogP) is 0.327. The van der Waals surface area contributed by atoms with Crippen LogP contribution in [0.1, 0.15) is 26.7 Å². The normalized spacial score (nSPS) is 29.8. The molecule has 2 aliphatic rings. The largest absolute Gasteiger partial charge is 0.481 e. The molecule has 96 valence electrons. The van der Waals surface area contributed by atoms with E-state index >= 15 is 0 Å². The Morgan fingerprint density at radius 1 is 1.29 bits per heavy atom. The molecule has 2 atom stereocenters. The highest BCUT2D eigenvalue weighted by atomic mass is 16.4. The van der Waals surface area contributed by atoms with Gasteiger partial charge in [0.1, 0.15) is 0 Å². The molecule has 0 aliphatic heterocycles. The highest BCUT2D eigenvalue weighted by Crippen LogP contribution is 2.59. The van der Waals surface area contributed by atoms with E-state index in [9.17, 15) is 9.59 Å². The molecule has 2 aliphatic carbocycles. The van der Waals surface area contributed by atoms with Crippen LogP contribution in [0.25, 0.3) is 0 Å². The van der Waals surface area contributed by atoms with Crippen molar-refractivity contribution in [3.8, 4) is 0 Å². The lowest BCUT2D eigenvalue weighted by molar-refractivity contribution is -0.142. The van der Waals surface area contributed by atoms with Crippen LogP contribution < -0.4 is 0 Å². The molecular weight excluding hydrogens is 222 g/mol. The van der Waals surface area contributed by atoms with Gasteiger partial charge in [0.15, 0.2) is 0 Å². The first kappa shape index (κ1) is 12.4. The van der Waals surface area contributed by atoms with Crippen molar-refractivity contribution >= 4 is 11.9 Å². The maximum absolute atomic E-state index is 12.3. The minimum absolute atomic E-state index is 0.0624. The summed E-state index contributed by atoms with van der Waals surface area (Å²) in [4.78, 5) is 25.0. The molecule has 2 N–H and O–H groups in total. The highest BCUT2D eigenvalue weighted by Gasteiger charge is 2.67. The van der Waals surface area contributed by atoms with Crippen molar-refractivity contribution in [2.24, 2.45) is 17.3 Å². The van der Waals surface area contributed by atoms with E-state index in [1.54, 1.807) is 4.90 Å². The number of carbonyl (C=O) groups is 2. The fourth-order valence-electron chi connectivity index (χ4n) is 2.70. The van der Waals surface area contributed by atoms with Crippen molar-refractivity contribution in [2.75, 3.05) is 13.2 Å².